The summed E-state index contributed by atoms with van der Waals surface area (Å²) in [6, 6.07) is 6.41. The standard InChI is InChI=1S/C17H21ClN2/c1-11(2)7-14-9-13(5-6-19)17(18)15(8-12(3)4)16(14)10-20/h9,11-12H,5,7-8H2,1-4H3. The van der Waals surface area contributed by atoms with Gasteiger partial charge in [0.15, 0.2) is 0 Å². The summed E-state index contributed by atoms with van der Waals surface area (Å²) in [6.07, 6.45) is 1.90. The molecule has 3 heteroatoms. The molecular formula is C17H21ClN2. The van der Waals surface area contributed by atoms with Crippen molar-refractivity contribution in [2.24, 2.45) is 11.8 Å². The maximum atomic E-state index is 9.50. The summed E-state index contributed by atoms with van der Waals surface area (Å²) >= 11 is 6.42. The van der Waals surface area contributed by atoms with Gasteiger partial charge in [-0.25, -0.2) is 0 Å². The third-order valence-corrected chi connectivity index (χ3v) is 3.61. The maximum Gasteiger partial charge on any atom is 0.0997 e. The number of nitriles is 2. The maximum absolute atomic E-state index is 9.50. The first-order valence-electron chi connectivity index (χ1n) is 7.00. The Bertz CT molecular complexity index is 560. The molecule has 0 saturated carbocycles. The molecule has 106 valence electrons. The van der Waals surface area contributed by atoms with Crippen LogP contribution in [-0.4, -0.2) is 0 Å². The highest BCUT2D eigenvalue weighted by molar-refractivity contribution is 6.32. The summed E-state index contributed by atoms with van der Waals surface area (Å²) in [5.74, 6) is 0.883. The van der Waals surface area contributed by atoms with Gasteiger partial charge in [0, 0.05) is 5.02 Å². The van der Waals surface area contributed by atoms with Crippen LogP contribution in [0.5, 0.6) is 0 Å². The Kier molecular flexibility index (Phi) is 6.05. The lowest BCUT2D eigenvalue weighted by molar-refractivity contribution is 0.633. The molecule has 0 aliphatic heterocycles. The predicted octanol–water partition coefficient (Wildman–Crippen LogP) is 4.67. The Hall–Kier alpha value is -1.51. The second-order valence-corrected chi connectivity index (χ2v) is 6.38. The molecule has 0 spiro atoms. The molecule has 2 nitrogen and oxygen atoms in total. The number of benzene rings is 1. The van der Waals surface area contributed by atoms with E-state index < -0.39 is 0 Å². The Morgan fingerprint density at radius 2 is 1.65 bits per heavy atom. The smallest absolute Gasteiger partial charge is 0.0997 e. The van der Waals surface area contributed by atoms with E-state index in [0.29, 0.717) is 28.8 Å². The van der Waals surface area contributed by atoms with Gasteiger partial charge in [0.1, 0.15) is 0 Å². The van der Waals surface area contributed by atoms with Gasteiger partial charge < -0.3 is 0 Å². The van der Waals surface area contributed by atoms with Gasteiger partial charge in [-0.1, -0.05) is 45.4 Å². The third kappa shape index (κ3) is 3.99. The average Bonchev–Trinajstić information content (AvgIpc) is 2.34. The van der Waals surface area contributed by atoms with Crippen LogP contribution in [0, 0.1) is 34.5 Å². The highest BCUT2D eigenvalue weighted by Gasteiger charge is 2.18. The Balaban J connectivity index is 3.48. The van der Waals surface area contributed by atoms with Crippen LogP contribution in [-0.2, 0) is 19.3 Å². The Morgan fingerprint density at radius 3 is 2.10 bits per heavy atom. The van der Waals surface area contributed by atoms with Crippen LogP contribution in [0.4, 0.5) is 0 Å². The van der Waals surface area contributed by atoms with Crippen LogP contribution in [0.1, 0.15) is 49.9 Å². The fourth-order valence-electron chi connectivity index (χ4n) is 2.40. The highest BCUT2D eigenvalue weighted by Crippen LogP contribution is 2.31. The predicted molar refractivity (Wildman–Crippen MR) is 82.6 cm³/mol. The minimum Gasteiger partial charge on any atom is -0.198 e. The molecule has 0 aliphatic carbocycles. The van der Waals surface area contributed by atoms with E-state index in [9.17, 15) is 5.26 Å². The molecule has 0 saturated heterocycles. The lowest BCUT2D eigenvalue weighted by atomic mass is 9.88. The van der Waals surface area contributed by atoms with Crippen molar-refractivity contribution in [3.63, 3.8) is 0 Å². The van der Waals surface area contributed by atoms with Gasteiger partial charge in [-0.2, -0.15) is 10.5 Å². The van der Waals surface area contributed by atoms with Gasteiger partial charge in [0.2, 0.25) is 0 Å². The van der Waals surface area contributed by atoms with Crippen LogP contribution in [0.15, 0.2) is 6.07 Å². The summed E-state index contributed by atoms with van der Waals surface area (Å²) in [7, 11) is 0. The van der Waals surface area contributed by atoms with Gasteiger partial charge in [-0.05, 0) is 41.4 Å². The molecule has 1 aromatic carbocycles. The molecule has 0 aliphatic rings. The molecule has 0 bridgehead atoms. The second kappa shape index (κ2) is 7.32. The fourth-order valence-corrected chi connectivity index (χ4v) is 2.69. The number of rotatable bonds is 5. The molecule has 0 N–H and O–H groups in total. The monoisotopic (exact) mass is 288 g/mol. The van der Waals surface area contributed by atoms with Crippen molar-refractivity contribution < 1.29 is 0 Å². The molecule has 0 amide bonds. The Labute approximate surface area is 127 Å². The quantitative estimate of drug-likeness (QED) is 0.790. The Morgan fingerprint density at radius 1 is 1.05 bits per heavy atom. The first-order valence-corrected chi connectivity index (χ1v) is 7.38. The zero-order chi connectivity index (χ0) is 15.3. The summed E-state index contributed by atoms with van der Waals surface area (Å²) in [6.45, 7) is 8.47. The SMILES string of the molecule is CC(C)Cc1cc(CC#N)c(Cl)c(CC(C)C)c1C#N. The van der Waals surface area contributed by atoms with E-state index in [4.69, 9.17) is 16.9 Å². The molecule has 0 fully saturated rings. The van der Waals surface area contributed by atoms with E-state index >= 15 is 0 Å². The molecule has 20 heavy (non-hydrogen) atoms. The van der Waals surface area contributed by atoms with Gasteiger partial charge in [-0.15, -0.1) is 0 Å². The summed E-state index contributed by atoms with van der Waals surface area (Å²) < 4.78 is 0. The molecule has 0 unspecified atom stereocenters. The van der Waals surface area contributed by atoms with Crippen LogP contribution < -0.4 is 0 Å². The lowest BCUT2D eigenvalue weighted by Crippen LogP contribution is -2.07. The summed E-state index contributed by atoms with van der Waals surface area (Å²) in [4.78, 5) is 0. The normalized spacial score (nSPS) is 10.7. The molecule has 0 atom stereocenters. The second-order valence-electron chi connectivity index (χ2n) is 6.00. The molecular weight excluding hydrogens is 268 g/mol. The van der Waals surface area contributed by atoms with Crippen molar-refractivity contribution in [3.05, 3.63) is 33.3 Å². The zero-order valence-corrected chi connectivity index (χ0v) is 13.4. The van der Waals surface area contributed by atoms with Crippen LogP contribution in [0.25, 0.3) is 0 Å². The minimum absolute atomic E-state index is 0.292. The molecule has 1 aromatic rings. The summed E-state index contributed by atoms with van der Waals surface area (Å²) in [5, 5.41) is 19.0. The minimum atomic E-state index is 0.292. The van der Waals surface area contributed by atoms with Crippen molar-refractivity contribution >= 4 is 11.6 Å². The molecule has 1 rings (SSSR count). The van der Waals surface area contributed by atoms with Gasteiger partial charge in [0.05, 0.1) is 24.1 Å². The van der Waals surface area contributed by atoms with Gasteiger partial charge in [-0.3, -0.25) is 0 Å². The van der Waals surface area contributed by atoms with E-state index in [1.54, 1.807) is 0 Å². The highest BCUT2D eigenvalue weighted by atomic mass is 35.5. The van der Waals surface area contributed by atoms with Crippen molar-refractivity contribution in [1.82, 2.24) is 0 Å². The van der Waals surface area contributed by atoms with Gasteiger partial charge >= 0.3 is 0 Å². The number of nitrogens with zero attached hydrogens (tertiary/aromatic N) is 2. The lowest BCUT2D eigenvalue weighted by Gasteiger charge is -2.17. The molecule has 0 heterocycles. The van der Waals surface area contributed by atoms with E-state index in [1.807, 2.05) is 6.07 Å². The number of halogens is 1. The number of hydrogen-bond acceptors (Lipinski definition) is 2. The van der Waals surface area contributed by atoms with Crippen LogP contribution in [0.3, 0.4) is 0 Å². The first kappa shape index (κ1) is 16.5. The first-order chi connectivity index (χ1) is 9.40. The average molecular weight is 289 g/mol. The number of hydrogen-bond donors (Lipinski definition) is 0. The van der Waals surface area contributed by atoms with Crippen LogP contribution >= 0.6 is 11.6 Å². The summed E-state index contributed by atoms with van der Waals surface area (Å²) in [5.41, 5.74) is 3.49. The van der Waals surface area contributed by atoms with Crippen molar-refractivity contribution in [2.45, 2.75) is 47.0 Å². The van der Waals surface area contributed by atoms with E-state index in [1.165, 1.54) is 0 Å². The molecule has 0 radical (unpaired) electrons. The zero-order valence-electron chi connectivity index (χ0n) is 12.6. The van der Waals surface area contributed by atoms with Crippen molar-refractivity contribution in [1.29, 1.82) is 10.5 Å². The molecule has 0 aromatic heterocycles. The van der Waals surface area contributed by atoms with Gasteiger partial charge in [0.25, 0.3) is 0 Å². The van der Waals surface area contributed by atoms with E-state index in [-0.39, 0.29) is 0 Å². The topological polar surface area (TPSA) is 47.6 Å². The van der Waals surface area contributed by atoms with E-state index in [2.05, 4.69) is 39.8 Å². The van der Waals surface area contributed by atoms with Crippen LogP contribution in [0.2, 0.25) is 5.02 Å². The fraction of sp³-hybridized carbons (Fsp3) is 0.529. The van der Waals surface area contributed by atoms with Crippen molar-refractivity contribution in [2.75, 3.05) is 0 Å². The van der Waals surface area contributed by atoms with E-state index in [0.717, 1.165) is 29.5 Å². The largest absolute Gasteiger partial charge is 0.198 e. The third-order valence-electron chi connectivity index (χ3n) is 3.14. The van der Waals surface area contributed by atoms with Crippen molar-refractivity contribution in [3.8, 4) is 12.1 Å².